The van der Waals surface area contributed by atoms with Crippen LogP contribution >= 0.6 is 11.3 Å². The van der Waals surface area contributed by atoms with Gasteiger partial charge >= 0.3 is 0 Å². The van der Waals surface area contributed by atoms with Crippen LogP contribution in [0.25, 0.3) is 0 Å². The zero-order chi connectivity index (χ0) is 17.3. The molecule has 24 heavy (non-hydrogen) atoms. The van der Waals surface area contributed by atoms with Crippen molar-refractivity contribution in [2.45, 2.75) is 65.6 Å². The summed E-state index contributed by atoms with van der Waals surface area (Å²) in [4.78, 5) is 18.0. The number of aromatic nitrogens is 3. The number of rotatable bonds is 5. The molecule has 0 saturated heterocycles. The van der Waals surface area contributed by atoms with E-state index >= 15 is 0 Å². The summed E-state index contributed by atoms with van der Waals surface area (Å²) in [6.45, 7) is 8.87. The van der Waals surface area contributed by atoms with E-state index in [9.17, 15) is 4.79 Å². The second-order valence-electron chi connectivity index (χ2n) is 6.35. The second kappa shape index (κ2) is 7.03. The summed E-state index contributed by atoms with van der Waals surface area (Å²) in [5.74, 6) is -0.0428. The molecule has 2 heterocycles. The van der Waals surface area contributed by atoms with Crippen molar-refractivity contribution in [1.29, 1.82) is 0 Å². The van der Waals surface area contributed by atoms with Crippen molar-refractivity contribution < 1.29 is 4.79 Å². The molecule has 0 spiro atoms. The van der Waals surface area contributed by atoms with Crippen molar-refractivity contribution in [2.75, 3.05) is 5.32 Å². The van der Waals surface area contributed by atoms with Crippen LogP contribution in [0, 0.1) is 13.8 Å². The first kappa shape index (κ1) is 17.1. The largest absolute Gasteiger partial charge is 0.301 e. The summed E-state index contributed by atoms with van der Waals surface area (Å²) in [7, 11) is 0. The number of amides is 1. The third kappa shape index (κ3) is 3.37. The Morgan fingerprint density at radius 1 is 1.50 bits per heavy atom. The Bertz CT molecular complexity index is 716. The fraction of sp³-hybridized carbons (Fsp3) is 0.588. The molecule has 1 aliphatic rings. The van der Waals surface area contributed by atoms with Gasteiger partial charge in [0, 0.05) is 28.7 Å². The first-order chi connectivity index (χ1) is 11.5. The molecule has 1 aliphatic carbocycles. The number of carbonyl (C=O) groups excluding carboxylic acids is 1. The van der Waals surface area contributed by atoms with E-state index in [0.29, 0.717) is 5.13 Å². The highest BCUT2D eigenvalue weighted by Gasteiger charge is 2.27. The van der Waals surface area contributed by atoms with Crippen LogP contribution in [0.3, 0.4) is 0 Å². The van der Waals surface area contributed by atoms with Gasteiger partial charge in [-0.25, -0.2) is 4.98 Å². The molecule has 2 aromatic heterocycles. The van der Waals surface area contributed by atoms with Gasteiger partial charge in [0.15, 0.2) is 5.13 Å². The minimum absolute atomic E-state index is 0.0428. The van der Waals surface area contributed by atoms with Crippen molar-refractivity contribution in [3.63, 3.8) is 0 Å². The lowest BCUT2D eigenvalue weighted by Gasteiger charge is -2.26. The van der Waals surface area contributed by atoms with E-state index in [1.807, 2.05) is 27.0 Å². The quantitative estimate of drug-likeness (QED) is 0.872. The van der Waals surface area contributed by atoms with E-state index in [4.69, 9.17) is 0 Å². The van der Waals surface area contributed by atoms with Gasteiger partial charge < -0.3 is 5.32 Å². The molecule has 0 aliphatic heterocycles. The fourth-order valence-electron chi connectivity index (χ4n) is 3.18. The Balaban J connectivity index is 1.65. The van der Waals surface area contributed by atoms with Crippen LogP contribution in [0.4, 0.5) is 5.13 Å². The number of anilines is 1. The molecular weight excluding hydrogens is 322 g/mol. The van der Waals surface area contributed by atoms with Crippen molar-refractivity contribution in [3.05, 3.63) is 28.0 Å². The van der Waals surface area contributed by atoms with Crippen LogP contribution in [0.5, 0.6) is 0 Å². The third-order valence-electron chi connectivity index (χ3n) is 4.67. The van der Waals surface area contributed by atoms with Crippen molar-refractivity contribution in [2.24, 2.45) is 0 Å². The van der Waals surface area contributed by atoms with Gasteiger partial charge in [0.25, 0.3) is 0 Å². The maximum atomic E-state index is 12.5. The van der Waals surface area contributed by atoms with Gasteiger partial charge in [-0.05, 0) is 47.0 Å². The minimum Gasteiger partial charge on any atom is -0.301 e. The Kier molecular flexibility index (Phi) is 5.01. The van der Waals surface area contributed by atoms with Gasteiger partial charge in [-0.3, -0.25) is 14.8 Å². The predicted molar refractivity (Wildman–Crippen MR) is 96.4 cm³/mol. The van der Waals surface area contributed by atoms with E-state index in [-0.39, 0.29) is 18.0 Å². The Morgan fingerprint density at radius 2 is 2.29 bits per heavy atom. The first-order valence-corrected chi connectivity index (χ1v) is 9.36. The Morgan fingerprint density at radius 3 is 2.96 bits per heavy atom. The number of carbonyl (C=O) groups is 1. The van der Waals surface area contributed by atoms with Crippen LogP contribution in [0.2, 0.25) is 0 Å². The number of nitrogens with one attached hydrogen (secondary N) is 2. The number of fused-ring (bicyclic) bond motifs is 1. The van der Waals surface area contributed by atoms with Gasteiger partial charge in [-0.2, -0.15) is 5.10 Å². The summed E-state index contributed by atoms with van der Waals surface area (Å²) in [6.07, 6.45) is 5.18. The van der Waals surface area contributed by atoms with Gasteiger partial charge in [-0.15, -0.1) is 11.3 Å². The molecule has 0 fully saturated rings. The van der Waals surface area contributed by atoms with E-state index in [2.05, 4.69) is 32.3 Å². The lowest BCUT2D eigenvalue weighted by atomic mass is 9.92. The monoisotopic (exact) mass is 347 g/mol. The van der Waals surface area contributed by atoms with Crippen LogP contribution in [-0.4, -0.2) is 26.7 Å². The zero-order valence-corrected chi connectivity index (χ0v) is 15.5. The third-order valence-corrected chi connectivity index (χ3v) is 5.65. The van der Waals surface area contributed by atoms with E-state index < -0.39 is 0 Å². The molecule has 130 valence electrons. The van der Waals surface area contributed by atoms with Gasteiger partial charge in [-0.1, -0.05) is 0 Å². The van der Waals surface area contributed by atoms with Crippen molar-refractivity contribution in [3.8, 4) is 0 Å². The lowest BCUT2D eigenvalue weighted by molar-refractivity contribution is -0.118. The van der Waals surface area contributed by atoms with Crippen molar-refractivity contribution in [1.82, 2.24) is 20.1 Å². The molecule has 2 N–H and O–H groups in total. The standard InChI is InChI=1S/C17H25N5OS/c1-5-22-15-8-6-7-14(13(15)9-18-22)19-11(3)16(23)21-17-20-10(2)12(4)24-17/h9,11,14,19H,5-8H2,1-4H3,(H,20,21,23)/t11-,14-/m0/s1. The minimum atomic E-state index is -0.282. The molecule has 6 nitrogen and oxygen atoms in total. The zero-order valence-electron chi connectivity index (χ0n) is 14.7. The lowest BCUT2D eigenvalue weighted by Crippen LogP contribution is -2.41. The number of hydrogen-bond donors (Lipinski definition) is 2. The summed E-state index contributed by atoms with van der Waals surface area (Å²) in [6, 6.07) is -0.0926. The van der Waals surface area contributed by atoms with Crippen LogP contribution in [0.15, 0.2) is 6.20 Å². The molecular formula is C17H25N5OS. The molecule has 3 rings (SSSR count). The SMILES string of the molecule is CCn1ncc2c1CCC[C@@H]2N[C@@H](C)C(=O)Nc1nc(C)c(C)s1. The summed E-state index contributed by atoms with van der Waals surface area (Å²) < 4.78 is 2.06. The van der Waals surface area contributed by atoms with Gasteiger partial charge in [0.05, 0.1) is 17.9 Å². The number of hydrogen-bond acceptors (Lipinski definition) is 5. The number of aryl methyl sites for hydroxylation is 3. The smallest absolute Gasteiger partial charge is 0.243 e. The first-order valence-electron chi connectivity index (χ1n) is 8.55. The Labute approximate surface area is 146 Å². The average Bonchev–Trinajstić information content (AvgIpc) is 3.11. The Hall–Kier alpha value is -1.73. The summed E-state index contributed by atoms with van der Waals surface area (Å²) >= 11 is 1.52. The topological polar surface area (TPSA) is 71.8 Å². The van der Waals surface area contributed by atoms with Crippen molar-refractivity contribution >= 4 is 22.4 Å². The molecule has 0 saturated carbocycles. The van der Waals surface area contributed by atoms with Gasteiger partial charge in [0.1, 0.15) is 0 Å². The van der Waals surface area contributed by atoms with Crippen LogP contribution in [0.1, 0.15) is 54.6 Å². The van der Waals surface area contributed by atoms with E-state index in [1.54, 1.807) is 0 Å². The molecule has 0 radical (unpaired) electrons. The highest BCUT2D eigenvalue weighted by molar-refractivity contribution is 7.15. The fourth-order valence-corrected chi connectivity index (χ4v) is 4.00. The van der Waals surface area contributed by atoms with E-state index in [1.165, 1.54) is 22.6 Å². The molecule has 0 aromatic carbocycles. The number of thiazole rings is 1. The molecule has 7 heteroatoms. The molecule has 0 unspecified atom stereocenters. The second-order valence-corrected chi connectivity index (χ2v) is 7.55. The average molecular weight is 347 g/mol. The predicted octanol–water partition coefficient (Wildman–Crippen LogP) is 2.97. The highest BCUT2D eigenvalue weighted by atomic mass is 32.1. The molecule has 2 atom stereocenters. The molecule has 0 bridgehead atoms. The summed E-state index contributed by atoms with van der Waals surface area (Å²) in [5.41, 5.74) is 3.52. The molecule has 2 aromatic rings. The van der Waals surface area contributed by atoms with Gasteiger partial charge in [0.2, 0.25) is 5.91 Å². The number of nitrogens with zero attached hydrogens (tertiary/aromatic N) is 3. The van der Waals surface area contributed by atoms with Crippen LogP contribution < -0.4 is 10.6 Å². The molecule has 1 amide bonds. The normalized spacial score (nSPS) is 18.2. The maximum Gasteiger partial charge on any atom is 0.243 e. The van der Waals surface area contributed by atoms with E-state index in [0.717, 1.165) is 36.4 Å². The summed E-state index contributed by atoms with van der Waals surface area (Å²) in [5, 5.41) is 11.5. The maximum absolute atomic E-state index is 12.5. The highest BCUT2D eigenvalue weighted by Crippen LogP contribution is 2.30. The van der Waals surface area contributed by atoms with Crippen LogP contribution in [-0.2, 0) is 17.8 Å².